The van der Waals surface area contributed by atoms with Gasteiger partial charge in [0, 0.05) is 13.7 Å². The molecule has 0 amide bonds. The van der Waals surface area contributed by atoms with Gasteiger partial charge >= 0.3 is 0 Å². The number of rotatable bonds is 10. The Bertz CT molecular complexity index is 331. The number of hydrogen-bond donors (Lipinski definition) is 1. The van der Waals surface area contributed by atoms with Crippen molar-refractivity contribution in [2.45, 2.75) is 32.1 Å². The Balaban J connectivity index is 1.94. The summed E-state index contributed by atoms with van der Waals surface area (Å²) in [6.07, 6.45) is 5.96. The van der Waals surface area contributed by atoms with E-state index < -0.39 is 0 Å². The van der Waals surface area contributed by atoms with Crippen LogP contribution in [-0.2, 0) is 11.2 Å². The molecule has 0 bridgehead atoms. The minimum absolute atomic E-state index is 0.789. The van der Waals surface area contributed by atoms with Crippen molar-refractivity contribution in [2.24, 2.45) is 0 Å². The minimum Gasteiger partial charge on any atom is -0.383 e. The van der Waals surface area contributed by atoms with Gasteiger partial charge in [-0.3, -0.25) is 0 Å². The molecule has 5 heteroatoms. The van der Waals surface area contributed by atoms with Crippen LogP contribution >= 0.6 is 34.5 Å². The van der Waals surface area contributed by atoms with Crippen LogP contribution in [0.4, 0.5) is 0 Å². The van der Waals surface area contributed by atoms with Crippen molar-refractivity contribution < 1.29 is 4.74 Å². The van der Waals surface area contributed by atoms with Crippen LogP contribution in [0, 0.1) is 0 Å². The van der Waals surface area contributed by atoms with Crippen LogP contribution in [0.1, 0.15) is 31.2 Å². The summed E-state index contributed by atoms with van der Waals surface area (Å²) in [4.78, 5) is 0. The van der Waals surface area contributed by atoms with Crippen LogP contribution in [0.2, 0.25) is 8.67 Å². The minimum atomic E-state index is 0.789. The predicted octanol–water partition coefficient (Wildman–Crippen LogP) is 4.39. The summed E-state index contributed by atoms with van der Waals surface area (Å²) in [5.74, 6) is 0. The second kappa shape index (κ2) is 10.0. The van der Waals surface area contributed by atoms with E-state index in [1.807, 2.05) is 6.07 Å². The number of methoxy groups -OCH3 is 1. The molecule has 0 radical (unpaired) electrons. The zero-order chi connectivity index (χ0) is 13.2. The molecular weight excluding hydrogens is 289 g/mol. The third-order valence-electron chi connectivity index (χ3n) is 2.76. The highest BCUT2D eigenvalue weighted by Crippen LogP contribution is 2.32. The molecule has 0 atom stereocenters. The zero-order valence-electron chi connectivity index (χ0n) is 10.8. The van der Waals surface area contributed by atoms with Gasteiger partial charge in [0.05, 0.1) is 15.3 Å². The van der Waals surface area contributed by atoms with Crippen molar-refractivity contribution in [2.75, 3.05) is 26.8 Å². The van der Waals surface area contributed by atoms with Crippen LogP contribution in [0.3, 0.4) is 0 Å². The Labute approximate surface area is 124 Å². The number of ether oxygens (including phenoxy) is 1. The first-order valence-corrected chi connectivity index (χ1v) is 7.94. The Morgan fingerprint density at radius 1 is 1.17 bits per heavy atom. The van der Waals surface area contributed by atoms with Crippen LogP contribution in [0.25, 0.3) is 0 Å². The molecule has 0 saturated carbocycles. The van der Waals surface area contributed by atoms with Gasteiger partial charge in [0.15, 0.2) is 0 Å². The largest absolute Gasteiger partial charge is 0.383 e. The third kappa shape index (κ3) is 6.95. The molecule has 1 aromatic rings. The topological polar surface area (TPSA) is 21.3 Å². The number of nitrogens with one attached hydrogen (secondary N) is 1. The highest BCUT2D eigenvalue weighted by atomic mass is 35.5. The summed E-state index contributed by atoms with van der Waals surface area (Å²) in [5, 5.41) is 3.35. The highest BCUT2D eigenvalue weighted by molar-refractivity contribution is 7.20. The van der Waals surface area contributed by atoms with Gasteiger partial charge in [0.1, 0.15) is 0 Å². The molecule has 0 aliphatic heterocycles. The summed E-state index contributed by atoms with van der Waals surface area (Å²) in [6, 6.07) is 1.99. The monoisotopic (exact) mass is 309 g/mol. The summed E-state index contributed by atoms with van der Waals surface area (Å²) < 4.78 is 6.60. The van der Waals surface area contributed by atoms with Gasteiger partial charge in [0.25, 0.3) is 0 Å². The molecule has 2 nitrogen and oxygen atoms in total. The zero-order valence-corrected chi connectivity index (χ0v) is 13.1. The lowest BCUT2D eigenvalue weighted by Crippen LogP contribution is -2.20. The normalized spacial score (nSPS) is 11.1. The van der Waals surface area contributed by atoms with Gasteiger partial charge in [-0.2, -0.15) is 0 Å². The lowest BCUT2D eigenvalue weighted by molar-refractivity contribution is 0.199. The molecule has 104 valence electrons. The molecule has 0 aliphatic rings. The van der Waals surface area contributed by atoms with E-state index in [0.717, 1.165) is 34.8 Å². The second-order valence-corrected chi connectivity index (χ2v) is 6.54. The number of halogens is 2. The van der Waals surface area contributed by atoms with E-state index in [-0.39, 0.29) is 0 Å². The summed E-state index contributed by atoms with van der Waals surface area (Å²) >= 11 is 13.4. The summed E-state index contributed by atoms with van der Waals surface area (Å²) in [5.41, 5.74) is 1.20. The van der Waals surface area contributed by atoms with Gasteiger partial charge in [-0.15, -0.1) is 11.3 Å². The van der Waals surface area contributed by atoms with Crippen molar-refractivity contribution in [1.29, 1.82) is 0 Å². The van der Waals surface area contributed by atoms with E-state index in [9.17, 15) is 0 Å². The van der Waals surface area contributed by atoms with Crippen molar-refractivity contribution in [3.05, 3.63) is 20.3 Å². The maximum atomic E-state index is 6.07. The molecule has 0 aromatic carbocycles. The van der Waals surface area contributed by atoms with E-state index in [1.54, 1.807) is 7.11 Å². The van der Waals surface area contributed by atoms with Gasteiger partial charge in [-0.25, -0.2) is 0 Å². The highest BCUT2D eigenvalue weighted by Gasteiger charge is 2.04. The maximum absolute atomic E-state index is 6.07. The van der Waals surface area contributed by atoms with Gasteiger partial charge in [-0.1, -0.05) is 36.0 Å². The van der Waals surface area contributed by atoms with E-state index in [2.05, 4.69) is 5.32 Å². The van der Waals surface area contributed by atoms with Crippen LogP contribution < -0.4 is 5.32 Å². The van der Waals surface area contributed by atoms with Gasteiger partial charge < -0.3 is 10.1 Å². The number of hydrogen-bond acceptors (Lipinski definition) is 3. The van der Waals surface area contributed by atoms with Crippen molar-refractivity contribution in [3.63, 3.8) is 0 Å². The molecule has 0 spiro atoms. The number of thiophene rings is 1. The lowest BCUT2D eigenvalue weighted by atomic mass is 10.1. The number of unbranched alkanes of at least 4 members (excludes halogenated alkanes) is 3. The fourth-order valence-electron chi connectivity index (χ4n) is 1.76. The van der Waals surface area contributed by atoms with E-state index in [4.69, 9.17) is 27.9 Å². The molecule has 18 heavy (non-hydrogen) atoms. The SMILES string of the molecule is COCCNCCCCCCc1cc(Cl)sc1Cl. The molecule has 0 saturated heterocycles. The average molecular weight is 310 g/mol. The Hall–Kier alpha value is 0.200. The average Bonchev–Trinajstić information content (AvgIpc) is 2.66. The Morgan fingerprint density at radius 3 is 2.61 bits per heavy atom. The molecular formula is C13H21Cl2NOS. The molecule has 1 aromatic heterocycles. The smallest absolute Gasteiger partial charge is 0.0976 e. The first-order valence-electron chi connectivity index (χ1n) is 6.37. The Morgan fingerprint density at radius 2 is 1.94 bits per heavy atom. The molecule has 0 aliphatic carbocycles. The molecule has 1 heterocycles. The molecule has 1 N–H and O–H groups in total. The van der Waals surface area contributed by atoms with E-state index in [1.165, 1.54) is 42.6 Å². The quantitative estimate of drug-likeness (QED) is 0.647. The standard InChI is InChI=1S/C13H21Cl2NOS/c1-17-9-8-16-7-5-3-2-4-6-11-10-12(14)18-13(11)15/h10,16H,2-9H2,1H3. The van der Waals surface area contributed by atoms with Crippen LogP contribution in [0.15, 0.2) is 6.07 Å². The molecule has 0 fully saturated rings. The predicted molar refractivity (Wildman–Crippen MR) is 81.3 cm³/mol. The van der Waals surface area contributed by atoms with Gasteiger partial charge in [0.2, 0.25) is 0 Å². The first-order chi connectivity index (χ1) is 8.74. The van der Waals surface area contributed by atoms with Crippen molar-refractivity contribution >= 4 is 34.5 Å². The maximum Gasteiger partial charge on any atom is 0.0976 e. The second-order valence-electron chi connectivity index (χ2n) is 4.26. The van der Waals surface area contributed by atoms with E-state index >= 15 is 0 Å². The molecule has 0 unspecified atom stereocenters. The summed E-state index contributed by atoms with van der Waals surface area (Å²) in [6.45, 7) is 2.81. The first kappa shape index (κ1) is 16.3. The van der Waals surface area contributed by atoms with E-state index in [0.29, 0.717) is 0 Å². The van der Waals surface area contributed by atoms with Crippen LogP contribution in [-0.4, -0.2) is 26.8 Å². The number of aryl methyl sites for hydroxylation is 1. The summed E-state index contributed by atoms with van der Waals surface area (Å²) in [7, 11) is 1.73. The van der Waals surface area contributed by atoms with Gasteiger partial charge in [-0.05, 0) is 37.4 Å². The fourth-order valence-corrected chi connectivity index (χ4v) is 3.31. The van der Waals surface area contributed by atoms with Crippen LogP contribution in [0.5, 0.6) is 0 Å². The van der Waals surface area contributed by atoms with Crippen molar-refractivity contribution in [1.82, 2.24) is 5.32 Å². The van der Waals surface area contributed by atoms with Crippen molar-refractivity contribution in [3.8, 4) is 0 Å². The molecule has 1 rings (SSSR count). The Kier molecular flexibility index (Phi) is 9.07. The lowest BCUT2D eigenvalue weighted by Gasteiger charge is -2.04. The fraction of sp³-hybridized carbons (Fsp3) is 0.692. The third-order valence-corrected chi connectivity index (χ3v) is 4.33.